The number of pyridine rings is 1. The van der Waals surface area contributed by atoms with Crippen molar-refractivity contribution in [2.45, 2.75) is 38.5 Å². The van der Waals surface area contributed by atoms with Gasteiger partial charge in [-0.1, -0.05) is 0 Å². The van der Waals surface area contributed by atoms with Crippen LogP contribution in [0.15, 0.2) is 18.5 Å². The fourth-order valence-corrected chi connectivity index (χ4v) is 3.54. The van der Waals surface area contributed by atoms with Crippen LogP contribution >= 0.6 is 12.4 Å². The molecule has 12 nitrogen and oxygen atoms in total. The third-order valence-electron chi connectivity index (χ3n) is 4.91. The monoisotopic (exact) mass is 466 g/mol. The standard InChI is InChI=1S/C18H26N8.ClH.4H3N.4H2/c19-14-11-15(13-20-12-14)21-16-22-17(25-7-3-1-4-8-25)24-18(23-16)26-9-5-2-6-10-26;;;;;;;;;/h11-13H,1-10,19H2,(H,21,22,23,24);1H;4*1H3;4*1H. The van der Waals surface area contributed by atoms with Gasteiger partial charge in [0.05, 0.1) is 17.6 Å². The zero-order chi connectivity index (χ0) is 17.8. The van der Waals surface area contributed by atoms with E-state index in [0.29, 0.717) is 11.6 Å². The predicted molar refractivity (Wildman–Crippen MR) is 140 cm³/mol. The number of halogens is 1. The maximum Gasteiger partial charge on any atom is 0.233 e. The van der Waals surface area contributed by atoms with Gasteiger partial charge in [-0.2, -0.15) is 15.0 Å². The van der Waals surface area contributed by atoms with Gasteiger partial charge in [-0.3, -0.25) is 4.98 Å². The topological polar surface area (TPSA) is 236 Å². The lowest BCUT2D eigenvalue weighted by atomic mass is 10.1. The fraction of sp³-hybridized carbons (Fsp3) is 0.556. The number of nitrogens with one attached hydrogen (secondary N) is 1. The second kappa shape index (κ2) is 14.5. The van der Waals surface area contributed by atoms with Gasteiger partial charge >= 0.3 is 0 Å². The first kappa shape index (κ1) is 30.7. The van der Waals surface area contributed by atoms with Crippen LogP contribution in [0, 0.1) is 0 Å². The summed E-state index contributed by atoms with van der Waals surface area (Å²) in [5.41, 5.74) is 7.22. The average molecular weight is 467 g/mol. The SMILES string of the molecule is Cl.N.N.N.N.Nc1cncc(Nc2nc(N3CCCCC3)nc(N3CCCCC3)n2)c1.[HH].[HH].[HH].[HH]. The van der Waals surface area contributed by atoms with Crippen molar-refractivity contribution in [2.24, 2.45) is 0 Å². The largest absolute Gasteiger partial charge is 0.397 e. The highest BCUT2D eigenvalue weighted by Gasteiger charge is 2.20. The van der Waals surface area contributed by atoms with Crippen molar-refractivity contribution in [3.63, 3.8) is 0 Å². The third-order valence-corrected chi connectivity index (χ3v) is 4.91. The molecule has 2 aliphatic rings. The Morgan fingerprint density at radius 3 is 1.68 bits per heavy atom. The van der Waals surface area contributed by atoms with Gasteiger partial charge in [0.1, 0.15) is 0 Å². The second-order valence-corrected chi connectivity index (χ2v) is 6.99. The van der Waals surface area contributed by atoms with Crippen LogP contribution in [0.1, 0.15) is 44.2 Å². The quantitative estimate of drug-likeness (QED) is 0.361. The number of piperidine rings is 2. The molecule has 2 saturated heterocycles. The molecule has 186 valence electrons. The maximum absolute atomic E-state index is 5.83. The number of nitrogen functional groups attached to an aromatic ring is 1. The molecule has 0 saturated carbocycles. The van der Waals surface area contributed by atoms with Crippen molar-refractivity contribution < 1.29 is 5.71 Å². The van der Waals surface area contributed by atoms with E-state index in [-0.39, 0.29) is 42.7 Å². The summed E-state index contributed by atoms with van der Waals surface area (Å²) in [6.45, 7) is 4.01. The number of hydrogen-bond donors (Lipinski definition) is 6. The lowest BCUT2D eigenvalue weighted by Gasteiger charge is -2.30. The summed E-state index contributed by atoms with van der Waals surface area (Å²) in [7, 11) is 0. The number of anilines is 5. The Labute approximate surface area is 196 Å². The minimum absolute atomic E-state index is 0. The van der Waals surface area contributed by atoms with E-state index in [1.807, 2.05) is 6.07 Å². The Kier molecular flexibility index (Phi) is 14.3. The van der Waals surface area contributed by atoms with Crippen molar-refractivity contribution in [1.29, 1.82) is 0 Å². The van der Waals surface area contributed by atoms with Crippen LogP contribution < -0.4 is 45.5 Å². The van der Waals surface area contributed by atoms with Gasteiger partial charge in [0.2, 0.25) is 17.8 Å². The van der Waals surface area contributed by atoms with E-state index in [1.165, 1.54) is 38.5 Å². The van der Waals surface area contributed by atoms with E-state index in [4.69, 9.17) is 10.7 Å². The summed E-state index contributed by atoms with van der Waals surface area (Å²) >= 11 is 0. The first-order valence-corrected chi connectivity index (χ1v) is 9.51. The molecule has 0 radical (unpaired) electrons. The smallest absolute Gasteiger partial charge is 0.233 e. The van der Waals surface area contributed by atoms with E-state index in [2.05, 4.69) is 30.1 Å². The molecular weight excluding hydrogens is 420 g/mol. The third kappa shape index (κ3) is 7.92. The maximum atomic E-state index is 5.83. The van der Waals surface area contributed by atoms with E-state index in [9.17, 15) is 0 Å². The summed E-state index contributed by atoms with van der Waals surface area (Å²) < 4.78 is 0. The highest BCUT2D eigenvalue weighted by atomic mass is 35.5. The van der Waals surface area contributed by atoms with E-state index in [0.717, 1.165) is 43.8 Å². The minimum atomic E-state index is 0. The highest BCUT2D eigenvalue weighted by molar-refractivity contribution is 5.85. The Balaban J connectivity index is -0.000000234. The van der Waals surface area contributed by atoms with E-state index >= 15 is 0 Å². The van der Waals surface area contributed by atoms with Crippen molar-refractivity contribution in [2.75, 3.05) is 47.0 Å². The first-order chi connectivity index (χ1) is 12.8. The lowest BCUT2D eigenvalue weighted by molar-refractivity contribution is 0.556. The molecule has 13 heteroatoms. The van der Waals surface area contributed by atoms with Crippen molar-refractivity contribution in [3.8, 4) is 0 Å². The average Bonchev–Trinajstić information content (AvgIpc) is 2.69. The molecule has 0 spiro atoms. The van der Waals surface area contributed by atoms with Crippen molar-refractivity contribution >= 4 is 41.6 Å². The summed E-state index contributed by atoms with van der Waals surface area (Å²) in [5, 5.41) is 3.25. The van der Waals surface area contributed by atoms with Gasteiger partial charge in [0, 0.05) is 38.1 Å². The molecule has 0 unspecified atom stereocenters. The highest BCUT2D eigenvalue weighted by Crippen LogP contribution is 2.24. The molecule has 0 amide bonds. The number of rotatable bonds is 4. The number of hydrogen-bond acceptors (Lipinski definition) is 12. The van der Waals surface area contributed by atoms with Crippen LogP contribution in [0.3, 0.4) is 0 Å². The van der Waals surface area contributed by atoms with E-state index in [1.54, 1.807) is 12.4 Å². The summed E-state index contributed by atoms with van der Waals surface area (Å²) in [6, 6.07) is 1.83. The van der Waals surface area contributed by atoms with Crippen molar-refractivity contribution in [3.05, 3.63) is 18.5 Å². The molecule has 4 rings (SSSR count). The molecule has 0 aliphatic carbocycles. The first-order valence-electron chi connectivity index (χ1n) is 9.51. The molecule has 4 heterocycles. The van der Waals surface area contributed by atoms with Crippen molar-refractivity contribution in [1.82, 2.24) is 44.5 Å². The number of aromatic nitrogens is 4. The molecule has 0 atom stereocenters. The molecule has 2 fully saturated rings. The lowest BCUT2D eigenvalue weighted by Crippen LogP contribution is -2.34. The predicted octanol–water partition coefficient (Wildman–Crippen LogP) is 4.63. The van der Waals surface area contributed by atoms with Crippen LogP contribution in [0.25, 0.3) is 0 Å². The molecule has 2 aliphatic heterocycles. The Morgan fingerprint density at radius 1 is 0.742 bits per heavy atom. The van der Waals surface area contributed by atoms with Crippen LogP contribution in [0.2, 0.25) is 0 Å². The van der Waals surface area contributed by atoms with Crippen LogP contribution in [-0.2, 0) is 0 Å². The van der Waals surface area contributed by atoms with Gasteiger partial charge in [0.25, 0.3) is 0 Å². The van der Waals surface area contributed by atoms with Crippen LogP contribution in [0.5, 0.6) is 0 Å². The minimum Gasteiger partial charge on any atom is -0.397 e. The number of nitrogens with zero attached hydrogens (tertiary/aromatic N) is 6. The second-order valence-electron chi connectivity index (χ2n) is 6.99. The summed E-state index contributed by atoms with van der Waals surface area (Å²) in [6.07, 6.45) is 10.7. The Bertz CT molecular complexity index is 732. The Hall–Kier alpha value is -2.51. The Morgan fingerprint density at radius 2 is 1.23 bits per heavy atom. The molecule has 15 N–H and O–H groups in total. The molecule has 0 bridgehead atoms. The molecular formula is C18H47ClN12. The van der Waals surface area contributed by atoms with Gasteiger partial charge in [0.15, 0.2) is 0 Å². The van der Waals surface area contributed by atoms with Crippen LogP contribution in [0.4, 0.5) is 29.2 Å². The molecule has 2 aromatic rings. The molecule has 0 aromatic carbocycles. The van der Waals surface area contributed by atoms with E-state index < -0.39 is 0 Å². The zero-order valence-corrected chi connectivity index (χ0v) is 19.1. The summed E-state index contributed by atoms with van der Waals surface area (Å²) in [4.78, 5) is 22.8. The molecule has 2 aromatic heterocycles. The van der Waals surface area contributed by atoms with Gasteiger partial charge in [-0.05, 0) is 44.6 Å². The molecule has 31 heavy (non-hydrogen) atoms. The number of nitrogens with two attached hydrogens (primary N) is 1. The van der Waals surface area contributed by atoms with Crippen LogP contribution in [-0.4, -0.2) is 46.1 Å². The van der Waals surface area contributed by atoms with Gasteiger partial charge in [-0.25, -0.2) is 0 Å². The fourth-order valence-electron chi connectivity index (χ4n) is 3.54. The summed E-state index contributed by atoms with van der Waals surface area (Å²) in [5.74, 6) is 2.08. The zero-order valence-electron chi connectivity index (χ0n) is 18.3. The van der Waals surface area contributed by atoms with Gasteiger partial charge < -0.3 is 45.5 Å². The van der Waals surface area contributed by atoms with Gasteiger partial charge in [-0.15, -0.1) is 12.4 Å². The normalized spacial score (nSPS) is 15.1.